The van der Waals surface area contributed by atoms with Crippen LogP contribution in [-0.2, 0) is 0 Å². The summed E-state index contributed by atoms with van der Waals surface area (Å²) >= 11 is 9.05. The molecule has 0 aliphatic heterocycles. The molecule has 0 aliphatic carbocycles. The normalized spacial score (nSPS) is 8.45. The lowest BCUT2D eigenvalue weighted by Gasteiger charge is -1.95. The van der Waals surface area contributed by atoms with Crippen LogP contribution in [-0.4, -0.2) is 0 Å². The summed E-state index contributed by atoms with van der Waals surface area (Å²) in [4.78, 5) is 0. The van der Waals surface area contributed by atoms with Crippen molar-refractivity contribution < 1.29 is 0 Å². The van der Waals surface area contributed by atoms with E-state index in [-0.39, 0.29) is 0 Å². The van der Waals surface area contributed by atoms with Gasteiger partial charge in [0, 0.05) is 9.50 Å². The van der Waals surface area contributed by atoms with E-state index in [2.05, 4.69) is 15.9 Å². The predicted molar refractivity (Wildman–Crippen MR) is 55.2 cm³/mol. The number of hydrogen-bond donors (Lipinski definition) is 0. The molecule has 0 fully saturated rings. The molecule has 0 amide bonds. The van der Waals surface area contributed by atoms with E-state index in [4.69, 9.17) is 11.6 Å². The van der Waals surface area contributed by atoms with Gasteiger partial charge >= 0.3 is 0 Å². The Hall–Kier alpha value is -0.0100. The van der Waals surface area contributed by atoms with Crippen molar-refractivity contribution in [2.24, 2.45) is 0 Å². The molecule has 0 spiro atoms. The molecule has 1 rings (SSSR count). The van der Waals surface area contributed by atoms with Crippen molar-refractivity contribution in [3.05, 3.63) is 33.3 Å². The van der Waals surface area contributed by atoms with E-state index in [0.717, 1.165) is 9.50 Å². The highest BCUT2D eigenvalue weighted by Gasteiger charge is 1.92. The summed E-state index contributed by atoms with van der Waals surface area (Å²) in [6.07, 6.45) is 0. The fraction of sp³-hybridized carbons (Fsp3) is 0.333. The average Bonchev–Trinajstić information content (AvgIpc) is 2.02. The predicted octanol–water partition coefficient (Wildman–Crippen LogP) is 4.44. The number of halogens is 2. The molecule has 11 heavy (non-hydrogen) atoms. The van der Waals surface area contributed by atoms with Crippen LogP contribution >= 0.6 is 27.5 Å². The summed E-state index contributed by atoms with van der Waals surface area (Å²) in [6.45, 7) is 6.03. The minimum atomic E-state index is 0.771. The first-order chi connectivity index (χ1) is 5.20. The lowest BCUT2D eigenvalue weighted by atomic mass is 10.2. The van der Waals surface area contributed by atoms with E-state index in [1.165, 1.54) is 5.56 Å². The van der Waals surface area contributed by atoms with Crippen molar-refractivity contribution in [1.29, 1.82) is 0 Å². The zero-order valence-electron chi connectivity index (χ0n) is 6.99. The van der Waals surface area contributed by atoms with Crippen LogP contribution in [0.3, 0.4) is 0 Å². The highest BCUT2D eigenvalue weighted by atomic mass is 79.9. The van der Waals surface area contributed by atoms with Crippen LogP contribution in [0.4, 0.5) is 0 Å². The first-order valence-corrected chi connectivity index (χ1v) is 4.79. The maximum Gasteiger partial charge on any atom is 0.0417 e. The zero-order chi connectivity index (χ0) is 8.85. The lowest BCUT2D eigenvalue weighted by molar-refractivity contribution is 1.43. The third kappa shape index (κ3) is 3.78. The van der Waals surface area contributed by atoms with Crippen LogP contribution < -0.4 is 0 Å². The Bertz CT molecular complexity index is 221. The standard InChI is InChI=1S/C7H6BrCl.C2H6/c1-5-2-3-6(9)4-7(5)8;1-2/h2-4H,1H3;1-2H3. The Morgan fingerprint density at radius 2 is 1.82 bits per heavy atom. The molecule has 0 saturated heterocycles. The van der Waals surface area contributed by atoms with Crippen LogP contribution in [0.1, 0.15) is 19.4 Å². The lowest BCUT2D eigenvalue weighted by Crippen LogP contribution is -1.72. The molecule has 62 valence electrons. The molecule has 0 unspecified atom stereocenters. The first-order valence-electron chi connectivity index (χ1n) is 3.62. The summed E-state index contributed by atoms with van der Waals surface area (Å²) in [5.74, 6) is 0. The molecule has 1 aromatic rings. The zero-order valence-corrected chi connectivity index (χ0v) is 9.33. The fourth-order valence-corrected chi connectivity index (χ4v) is 1.25. The molecule has 0 bridgehead atoms. The third-order valence-electron chi connectivity index (χ3n) is 1.13. The van der Waals surface area contributed by atoms with E-state index in [1.54, 1.807) is 0 Å². The SMILES string of the molecule is CC.Cc1ccc(Cl)cc1Br. The van der Waals surface area contributed by atoms with Gasteiger partial charge in [-0.05, 0) is 24.6 Å². The summed E-state index contributed by atoms with van der Waals surface area (Å²) in [5.41, 5.74) is 1.21. The molecule has 0 radical (unpaired) electrons. The van der Waals surface area contributed by atoms with E-state index in [9.17, 15) is 0 Å². The molecule has 0 N–H and O–H groups in total. The summed E-state index contributed by atoms with van der Waals surface area (Å²) in [6, 6.07) is 5.74. The number of benzene rings is 1. The quantitative estimate of drug-likeness (QED) is 0.624. The molecule has 0 aromatic heterocycles. The Morgan fingerprint density at radius 3 is 2.18 bits per heavy atom. The average molecular weight is 236 g/mol. The first kappa shape index (κ1) is 11.0. The van der Waals surface area contributed by atoms with Gasteiger partial charge in [-0.15, -0.1) is 0 Å². The Morgan fingerprint density at radius 1 is 1.27 bits per heavy atom. The van der Waals surface area contributed by atoms with Crippen molar-refractivity contribution in [2.45, 2.75) is 20.8 Å². The second-order valence-corrected chi connectivity index (χ2v) is 3.18. The van der Waals surface area contributed by atoms with Crippen LogP contribution in [0.15, 0.2) is 22.7 Å². The van der Waals surface area contributed by atoms with Gasteiger partial charge in [0.1, 0.15) is 0 Å². The smallest absolute Gasteiger partial charge is 0.0417 e. The largest absolute Gasteiger partial charge is 0.0843 e. The molecule has 2 heteroatoms. The molecule has 0 heterocycles. The number of aryl methyl sites for hydroxylation is 1. The summed E-state index contributed by atoms with van der Waals surface area (Å²) < 4.78 is 1.06. The van der Waals surface area contributed by atoms with Gasteiger partial charge in [0.25, 0.3) is 0 Å². The van der Waals surface area contributed by atoms with Crippen molar-refractivity contribution >= 4 is 27.5 Å². The summed E-state index contributed by atoms with van der Waals surface area (Å²) in [5, 5.41) is 0.771. The van der Waals surface area contributed by atoms with Crippen molar-refractivity contribution in [1.82, 2.24) is 0 Å². The molecule has 0 atom stereocenters. The van der Waals surface area contributed by atoms with Gasteiger partial charge < -0.3 is 0 Å². The van der Waals surface area contributed by atoms with Gasteiger partial charge in [0.15, 0.2) is 0 Å². The maximum absolute atomic E-state index is 5.69. The molecule has 0 nitrogen and oxygen atoms in total. The minimum absolute atomic E-state index is 0.771. The van der Waals surface area contributed by atoms with Crippen LogP contribution in [0, 0.1) is 6.92 Å². The fourth-order valence-electron chi connectivity index (χ4n) is 0.567. The van der Waals surface area contributed by atoms with Crippen LogP contribution in [0.2, 0.25) is 5.02 Å². The highest BCUT2D eigenvalue weighted by Crippen LogP contribution is 2.19. The third-order valence-corrected chi connectivity index (χ3v) is 2.22. The molecular formula is C9H12BrCl. The second kappa shape index (κ2) is 5.62. The topological polar surface area (TPSA) is 0 Å². The number of hydrogen-bond acceptors (Lipinski definition) is 0. The van der Waals surface area contributed by atoms with Gasteiger partial charge in [-0.2, -0.15) is 0 Å². The minimum Gasteiger partial charge on any atom is -0.0843 e. The molecular weight excluding hydrogens is 223 g/mol. The van der Waals surface area contributed by atoms with E-state index in [0.29, 0.717) is 0 Å². The van der Waals surface area contributed by atoms with E-state index >= 15 is 0 Å². The van der Waals surface area contributed by atoms with E-state index in [1.807, 2.05) is 39.0 Å². The van der Waals surface area contributed by atoms with Crippen molar-refractivity contribution in [2.75, 3.05) is 0 Å². The Labute approximate surface area is 81.7 Å². The van der Waals surface area contributed by atoms with Gasteiger partial charge in [-0.25, -0.2) is 0 Å². The van der Waals surface area contributed by atoms with Crippen LogP contribution in [0.25, 0.3) is 0 Å². The van der Waals surface area contributed by atoms with Crippen molar-refractivity contribution in [3.63, 3.8) is 0 Å². The Kier molecular flexibility index (Phi) is 5.61. The van der Waals surface area contributed by atoms with Crippen LogP contribution in [0.5, 0.6) is 0 Å². The van der Waals surface area contributed by atoms with Gasteiger partial charge in [0.2, 0.25) is 0 Å². The highest BCUT2D eigenvalue weighted by molar-refractivity contribution is 9.10. The monoisotopic (exact) mass is 234 g/mol. The van der Waals surface area contributed by atoms with Crippen molar-refractivity contribution in [3.8, 4) is 0 Å². The number of rotatable bonds is 0. The maximum atomic E-state index is 5.69. The molecule has 0 saturated carbocycles. The Balaban J connectivity index is 0.000000461. The summed E-state index contributed by atoms with van der Waals surface area (Å²) in [7, 11) is 0. The molecule has 0 aliphatic rings. The molecule has 1 aromatic carbocycles. The van der Waals surface area contributed by atoms with Gasteiger partial charge in [-0.1, -0.05) is 47.4 Å². The van der Waals surface area contributed by atoms with E-state index < -0.39 is 0 Å². The van der Waals surface area contributed by atoms with Gasteiger partial charge in [0.05, 0.1) is 0 Å². The second-order valence-electron chi connectivity index (χ2n) is 1.89. The van der Waals surface area contributed by atoms with Gasteiger partial charge in [-0.3, -0.25) is 0 Å².